The number of aromatic nitrogens is 7. The molecule has 1 saturated carbocycles. The van der Waals surface area contributed by atoms with E-state index >= 15 is 0 Å². The van der Waals surface area contributed by atoms with Gasteiger partial charge in [0.2, 0.25) is 0 Å². The number of pyridine rings is 1. The van der Waals surface area contributed by atoms with E-state index in [1.165, 1.54) is 0 Å². The van der Waals surface area contributed by atoms with Crippen LogP contribution in [0.15, 0.2) is 47.7 Å². The van der Waals surface area contributed by atoms with Crippen LogP contribution in [0.4, 0.5) is 5.82 Å². The lowest BCUT2D eigenvalue weighted by Crippen LogP contribution is -2.33. The van der Waals surface area contributed by atoms with E-state index in [9.17, 15) is 4.79 Å². The van der Waals surface area contributed by atoms with Gasteiger partial charge in [0.15, 0.2) is 5.65 Å². The summed E-state index contributed by atoms with van der Waals surface area (Å²) in [6, 6.07) is 7.56. The van der Waals surface area contributed by atoms with Crippen LogP contribution in [0.25, 0.3) is 22.3 Å². The summed E-state index contributed by atoms with van der Waals surface area (Å²) < 4.78 is 3.41. The molecule has 0 atom stereocenters. The van der Waals surface area contributed by atoms with E-state index in [1.807, 2.05) is 26.1 Å². The Labute approximate surface area is 179 Å². The first kappa shape index (κ1) is 19.3. The smallest absolute Gasteiger partial charge is 0.267 e. The molecule has 0 radical (unpaired) electrons. The number of nitrogens with one attached hydrogen (secondary N) is 1. The van der Waals surface area contributed by atoms with Gasteiger partial charge in [0, 0.05) is 37.1 Å². The van der Waals surface area contributed by atoms with Crippen LogP contribution in [0.1, 0.15) is 37.5 Å². The molecule has 0 aromatic carbocycles. The highest BCUT2D eigenvalue weighted by atomic mass is 16.1. The van der Waals surface area contributed by atoms with Crippen molar-refractivity contribution in [3.05, 3.63) is 59.0 Å². The van der Waals surface area contributed by atoms with Crippen LogP contribution in [0.3, 0.4) is 0 Å². The Morgan fingerprint density at radius 2 is 1.90 bits per heavy atom. The van der Waals surface area contributed by atoms with E-state index in [0.717, 1.165) is 59.6 Å². The molecule has 0 bridgehead atoms. The van der Waals surface area contributed by atoms with E-state index in [0.29, 0.717) is 0 Å². The molecule has 4 aromatic rings. The summed E-state index contributed by atoms with van der Waals surface area (Å²) in [4.78, 5) is 25.7. The fourth-order valence-electron chi connectivity index (χ4n) is 4.25. The zero-order chi connectivity index (χ0) is 21.4. The van der Waals surface area contributed by atoms with Gasteiger partial charge in [-0.25, -0.2) is 14.6 Å². The fraction of sp³-hybridized carbons (Fsp3) is 0.364. The maximum absolute atomic E-state index is 12.5. The van der Waals surface area contributed by atoms with Gasteiger partial charge in [-0.15, -0.1) is 0 Å². The van der Waals surface area contributed by atoms with E-state index in [2.05, 4.69) is 30.5 Å². The Hall–Kier alpha value is -3.62. The third-order valence-electron chi connectivity index (χ3n) is 5.87. The second-order valence-corrected chi connectivity index (χ2v) is 8.02. The SMILES string of the molecule is Cc1nc(NC2CCC(n3nc(-c4cccnc4)ccc3=O)CC2)c2cnn(C)c2n1. The molecular formula is C22H24N8O. The van der Waals surface area contributed by atoms with Crippen LogP contribution >= 0.6 is 0 Å². The predicted octanol–water partition coefficient (Wildman–Crippen LogP) is 2.89. The maximum atomic E-state index is 12.5. The van der Waals surface area contributed by atoms with E-state index in [-0.39, 0.29) is 17.6 Å². The highest BCUT2D eigenvalue weighted by molar-refractivity contribution is 5.86. The van der Waals surface area contributed by atoms with Crippen molar-refractivity contribution in [1.82, 2.24) is 34.5 Å². The molecule has 1 aliphatic rings. The Morgan fingerprint density at radius 3 is 2.68 bits per heavy atom. The van der Waals surface area contributed by atoms with E-state index < -0.39 is 0 Å². The molecule has 31 heavy (non-hydrogen) atoms. The molecule has 9 nitrogen and oxygen atoms in total. The average Bonchev–Trinajstić information content (AvgIpc) is 3.16. The molecular weight excluding hydrogens is 392 g/mol. The zero-order valence-corrected chi connectivity index (χ0v) is 17.6. The highest BCUT2D eigenvalue weighted by Crippen LogP contribution is 2.30. The summed E-state index contributed by atoms with van der Waals surface area (Å²) in [6.07, 6.45) is 8.91. The predicted molar refractivity (Wildman–Crippen MR) is 118 cm³/mol. The van der Waals surface area contributed by atoms with Gasteiger partial charge < -0.3 is 5.32 Å². The van der Waals surface area contributed by atoms with Crippen molar-refractivity contribution in [2.75, 3.05) is 5.32 Å². The van der Waals surface area contributed by atoms with Gasteiger partial charge in [-0.1, -0.05) is 0 Å². The molecule has 5 rings (SSSR count). The molecule has 0 saturated heterocycles. The summed E-state index contributed by atoms with van der Waals surface area (Å²) in [5.74, 6) is 1.54. The quantitative estimate of drug-likeness (QED) is 0.545. The van der Waals surface area contributed by atoms with Crippen LogP contribution in [-0.4, -0.2) is 40.6 Å². The number of hydrogen-bond donors (Lipinski definition) is 1. The van der Waals surface area contributed by atoms with Crippen molar-refractivity contribution >= 4 is 16.9 Å². The van der Waals surface area contributed by atoms with E-state index in [4.69, 9.17) is 0 Å². The largest absolute Gasteiger partial charge is 0.367 e. The first-order valence-electron chi connectivity index (χ1n) is 10.5. The van der Waals surface area contributed by atoms with Crippen molar-refractivity contribution in [3.8, 4) is 11.3 Å². The van der Waals surface area contributed by atoms with Crippen LogP contribution in [0, 0.1) is 6.92 Å². The van der Waals surface area contributed by atoms with Crippen molar-refractivity contribution in [3.63, 3.8) is 0 Å². The third-order valence-corrected chi connectivity index (χ3v) is 5.87. The van der Waals surface area contributed by atoms with Crippen LogP contribution in [0.5, 0.6) is 0 Å². The highest BCUT2D eigenvalue weighted by Gasteiger charge is 2.25. The van der Waals surface area contributed by atoms with E-state index in [1.54, 1.807) is 40.1 Å². The standard InChI is InChI=1S/C22H24N8O/c1-14-25-21(18-13-24-29(2)22(18)26-14)27-16-5-7-17(8-6-16)30-20(31)10-9-19(28-30)15-4-3-11-23-12-15/h3-4,9-13,16-17H,5-8H2,1-2H3,(H,25,26,27). The van der Waals surface area contributed by atoms with Gasteiger partial charge in [0.25, 0.3) is 5.56 Å². The lowest BCUT2D eigenvalue weighted by atomic mass is 9.91. The summed E-state index contributed by atoms with van der Waals surface area (Å²) in [5.41, 5.74) is 2.44. The molecule has 4 aromatic heterocycles. The monoisotopic (exact) mass is 416 g/mol. The number of hydrogen-bond acceptors (Lipinski definition) is 7. The van der Waals surface area contributed by atoms with Gasteiger partial charge >= 0.3 is 0 Å². The van der Waals surface area contributed by atoms with Crippen molar-refractivity contribution < 1.29 is 0 Å². The third kappa shape index (κ3) is 3.78. The molecule has 0 unspecified atom stereocenters. The lowest BCUT2D eigenvalue weighted by Gasteiger charge is -2.30. The Bertz CT molecular complexity index is 1270. The minimum absolute atomic E-state index is 0.0625. The summed E-state index contributed by atoms with van der Waals surface area (Å²) in [6.45, 7) is 1.89. The van der Waals surface area contributed by atoms with Gasteiger partial charge in [-0.2, -0.15) is 10.2 Å². The van der Waals surface area contributed by atoms with Crippen LogP contribution in [0.2, 0.25) is 0 Å². The molecule has 1 N–H and O–H groups in total. The van der Waals surface area contributed by atoms with Crippen LogP contribution < -0.4 is 10.9 Å². The van der Waals surface area contributed by atoms with Gasteiger partial charge in [0.1, 0.15) is 11.6 Å². The second kappa shape index (κ2) is 7.90. The van der Waals surface area contributed by atoms with Crippen LogP contribution in [-0.2, 0) is 7.05 Å². The average molecular weight is 416 g/mol. The summed E-state index contributed by atoms with van der Waals surface area (Å²) in [5, 5.41) is 13.5. The maximum Gasteiger partial charge on any atom is 0.267 e. The molecule has 0 spiro atoms. The van der Waals surface area contributed by atoms with Crippen molar-refractivity contribution in [1.29, 1.82) is 0 Å². The van der Waals surface area contributed by atoms with Gasteiger partial charge in [-0.3, -0.25) is 14.5 Å². The van der Waals surface area contributed by atoms with Gasteiger partial charge in [0.05, 0.1) is 23.3 Å². The van der Waals surface area contributed by atoms with Crippen molar-refractivity contribution in [2.45, 2.75) is 44.7 Å². The number of rotatable bonds is 4. The molecule has 0 aliphatic heterocycles. The number of fused-ring (bicyclic) bond motifs is 1. The molecule has 9 heteroatoms. The summed E-state index contributed by atoms with van der Waals surface area (Å²) in [7, 11) is 1.88. The number of aryl methyl sites for hydroxylation is 2. The summed E-state index contributed by atoms with van der Waals surface area (Å²) >= 11 is 0. The molecule has 0 amide bonds. The Balaban J connectivity index is 1.32. The van der Waals surface area contributed by atoms with Gasteiger partial charge in [-0.05, 0) is 50.8 Å². The van der Waals surface area contributed by atoms with Crippen molar-refractivity contribution in [2.24, 2.45) is 7.05 Å². The zero-order valence-electron chi connectivity index (χ0n) is 17.6. The number of nitrogens with zero attached hydrogens (tertiary/aromatic N) is 7. The molecule has 1 fully saturated rings. The fourth-order valence-corrected chi connectivity index (χ4v) is 4.25. The second-order valence-electron chi connectivity index (χ2n) is 8.02. The minimum atomic E-state index is -0.0625. The molecule has 1 aliphatic carbocycles. The minimum Gasteiger partial charge on any atom is -0.367 e. The Kier molecular flexibility index (Phi) is 4.93. The molecule has 158 valence electrons. The number of anilines is 1. The topological polar surface area (TPSA) is 103 Å². The lowest BCUT2D eigenvalue weighted by molar-refractivity contribution is 0.304. The molecule has 4 heterocycles. The Morgan fingerprint density at radius 1 is 1.06 bits per heavy atom. The first-order chi connectivity index (χ1) is 15.1. The first-order valence-corrected chi connectivity index (χ1v) is 10.5. The normalized spacial score (nSPS) is 18.9.